The molecule has 1 N–H and O–H groups in total. The van der Waals surface area contributed by atoms with Crippen LogP contribution in [0.4, 0.5) is 10.5 Å². The predicted molar refractivity (Wildman–Crippen MR) is 126 cm³/mol. The highest BCUT2D eigenvalue weighted by Gasteiger charge is 2.58. The molecule has 3 atom stereocenters. The number of rotatable bonds is 7. The number of hydrogen-bond donors (Lipinski definition) is 1. The number of urea groups is 1. The fourth-order valence-corrected chi connectivity index (χ4v) is 5.56. The molecule has 2 bridgehead atoms. The van der Waals surface area contributed by atoms with Gasteiger partial charge in [-0.2, -0.15) is 5.10 Å². The minimum Gasteiger partial charge on any atom is -0.382 e. The van der Waals surface area contributed by atoms with E-state index in [1.54, 1.807) is 13.3 Å². The topological polar surface area (TPSA) is 81.0 Å². The molecule has 174 valence electrons. The van der Waals surface area contributed by atoms with Crippen LogP contribution in [0, 0.1) is 12.8 Å². The second-order valence-electron chi connectivity index (χ2n) is 9.48. The van der Waals surface area contributed by atoms with Gasteiger partial charge in [0.25, 0.3) is 0 Å². The van der Waals surface area contributed by atoms with Gasteiger partial charge in [-0.3, -0.25) is 4.98 Å². The van der Waals surface area contributed by atoms with Crippen molar-refractivity contribution >= 4 is 17.2 Å². The third-order valence-corrected chi connectivity index (χ3v) is 6.96. The molecule has 3 aromatic rings. The lowest BCUT2D eigenvalue weighted by Gasteiger charge is -2.63. The highest BCUT2D eigenvalue weighted by Crippen LogP contribution is 2.50. The summed E-state index contributed by atoms with van der Waals surface area (Å²) >= 11 is 0. The number of nitrogens with zero attached hydrogens (tertiary/aromatic N) is 4. The fourth-order valence-electron chi connectivity index (χ4n) is 5.56. The maximum Gasteiger partial charge on any atom is 0.322 e. The van der Waals surface area contributed by atoms with Crippen LogP contribution in [0.2, 0.25) is 0 Å². The van der Waals surface area contributed by atoms with Crippen molar-refractivity contribution in [1.29, 1.82) is 0 Å². The van der Waals surface area contributed by atoms with Gasteiger partial charge in [0.2, 0.25) is 0 Å². The van der Waals surface area contributed by atoms with Crippen LogP contribution in [-0.2, 0) is 9.47 Å². The first-order chi connectivity index (χ1) is 16.0. The molecule has 2 fully saturated rings. The van der Waals surface area contributed by atoms with Gasteiger partial charge in [-0.25, -0.2) is 9.31 Å². The Kier molecular flexibility index (Phi) is 5.80. The van der Waals surface area contributed by atoms with Gasteiger partial charge in [0.15, 0.2) is 0 Å². The number of fused-ring (bicyclic) bond motifs is 3. The Morgan fingerprint density at radius 3 is 3.00 bits per heavy atom. The molecule has 1 aromatic carbocycles. The summed E-state index contributed by atoms with van der Waals surface area (Å²) in [5.41, 5.74) is 4.36. The summed E-state index contributed by atoms with van der Waals surface area (Å²) in [7, 11) is 1.67. The minimum absolute atomic E-state index is 0.0567. The van der Waals surface area contributed by atoms with Crippen molar-refractivity contribution in [3.05, 3.63) is 48.4 Å². The van der Waals surface area contributed by atoms with Crippen molar-refractivity contribution in [1.82, 2.24) is 19.5 Å². The number of aryl methyl sites for hydroxylation is 1. The normalized spacial score (nSPS) is 24.0. The van der Waals surface area contributed by atoms with Crippen molar-refractivity contribution < 1.29 is 14.3 Å². The molecule has 0 unspecified atom stereocenters. The Hall–Kier alpha value is -2.97. The lowest BCUT2D eigenvalue weighted by Crippen LogP contribution is -2.74. The van der Waals surface area contributed by atoms with Crippen molar-refractivity contribution in [2.75, 3.05) is 32.2 Å². The molecule has 2 aromatic heterocycles. The van der Waals surface area contributed by atoms with E-state index in [0.717, 1.165) is 47.3 Å². The molecule has 2 aliphatic rings. The summed E-state index contributed by atoms with van der Waals surface area (Å²) in [6, 6.07) is 8.09. The number of likely N-dealkylation sites (tertiary alicyclic amines) is 1. The van der Waals surface area contributed by atoms with Crippen LogP contribution in [0.3, 0.4) is 0 Å². The van der Waals surface area contributed by atoms with Crippen LogP contribution in [-0.4, -0.2) is 64.0 Å². The number of benzene rings is 1. The van der Waals surface area contributed by atoms with Crippen LogP contribution in [0.25, 0.3) is 16.8 Å². The number of methoxy groups -OCH3 is 1. The van der Waals surface area contributed by atoms with E-state index in [1.807, 2.05) is 53.0 Å². The molecule has 1 saturated carbocycles. The second-order valence-corrected chi connectivity index (χ2v) is 9.48. The fraction of sp³-hybridized carbons (Fsp3) is 0.480. The maximum absolute atomic E-state index is 13.4. The molecule has 5 rings (SSSR count). The molecule has 1 saturated heterocycles. The first kappa shape index (κ1) is 21.9. The quantitative estimate of drug-likeness (QED) is 0.548. The third-order valence-electron chi connectivity index (χ3n) is 6.96. The number of anilines is 1. The Morgan fingerprint density at radius 2 is 2.15 bits per heavy atom. The SMILES string of the molecule is COCCOC[C@]12C[C@@H](C)C[C@H](C1)N2C(=O)Nc1ccc(C)c(-c2cn3nccc3cn2)c1. The van der Waals surface area contributed by atoms with Gasteiger partial charge >= 0.3 is 6.03 Å². The third kappa shape index (κ3) is 4.09. The van der Waals surface area contributed by atoms with Gasteiger partial charge < -0.3 is 19.7 Å². The molecule has 8 nitrogen and oxygen atoms in total. The zero-order valence-electron chi connectivity index (χ0n) is 19.5. The largest absolute Gasteiger partial charge is 0.382 e. The summed E-state index contributed by atoms with van der Waals surface area (Å²) in [6.45, 7) is 5.97. The lowest BCUT2D eigenvalue weighted by atomic mass is 9.65. The Balaban J connectivity index is 1.34. The highest BCUT2D eigenvalue weighted by molar-refractivity contribution is 5.92. The molecule has 3 heterocycles. The first-order valence-corrected chi connectivity index (χ1v) is 11.6. The number of carbonyl (C=O) groups excluding carboxylic acids is 1. The van der Waals surface area contributed by atoms with Crippen LogP contribution in [0.15, 0.2) is 42.9 Å². The predicted octanol–water partition coefficient (Wildman–Crippen LogP) is 4.14. The van der Waals surface area contributed by atoms with E-state index in [2.05, 4.69) is 22.3 Å². The Bertz CT molecular complexity index is 1160. The lowest BCUT2D eigenvalue weighted by molar-refractivity contribution is -0.131. The van der Waals surface area contributed by atoms with Gasteiger partial charge in [-0.15, -0.1) is 0 Å². The van der Waals surface area contributed by atoms with Crippen LogP contribution in [0.1, 0.15) is 31.7 Å². The average Bonchev–Trinajstić information content (AvgIpc) is 3.25. The van der Waals surface area contributed by atoms with Gasteiger partial charge in [0.05, 0.1) is 55.2 Å². The van der Waals surface area contributed by atoms with Gasteiger partial charge in [-0.05, 0) is 55.9 Å². The standard InChI is InChI=1S/C25H31N5O3/c1-17-10-21-13-25(12-17,16-33-9-8-32-3)30(21)24(31)28-19-5-4-18(2)22(11-19)23-15-29-20(14-26-23)6-7-27-29/h4-7,11,14-15,17,21H,8-10,12-13,16H2,1-3H3,(H,28,31)/t17-,21+,25-/m0/s1. The molecule has 0 radical (unpaired) electrons. The zero-order chi connectivity index (χ0) is 23.0. The number of hydrogen-bond acceptors (Lipinski definition) is 5. The summed E-state index contributed by atoms with van der Waals surface area (Å²) < 4.78 is 12.8. The van der Waals surface area contributed by atoms with E-state index in [4.69, 9.17) is 9.47 Å². The van der Waals surface area contributed by atoms with Crippen molar-refractivity contribution in [3.8, 4) is 11.3 Å². The van der Waals surface area contributed by atoms with Crippen LogP contribution in [0.5, 0.6) is 0 Å². The molecule has 33 heavy (non-hydrogen) atoms. The number of nitrogens with one attached hydrogen (secondary N) is 1. The summed E-state index contributed by atoms with van der Waals surface area (Å²) in [5, 5.41) is 7.45. The van der Waals surface area contributed by atoms with Crippen molar-refractivity contribution in [3.63, 3.8) is 0 Å². The van der Waals surface area contributed by atoms with E-state index >= 15 is 0 Å². The van der Waals surface area contributed by atoms with Crippen LogP contribution < -0.4 is 5.32 Å². The highest BCUT2D eigenvalue weighted by atomic mass is 16.5. The van der Waals surface area contributed by atoms with Gasteiger partial charge in [0, 0.05) is 24.4 Å². The molecular formula is C25H31N5O3. The van der Waals surface area contributed by atoms with E-state index in [1.165, 1.54) is 0 Å². The number of aromatic nitrogens is 3. The smallest absolute Gasteiger partial charge is 0.322 e. The van der Waals surface area contributed by atoms with E-state index in [9.17, 15) is 4.79 Å². The van der Waals surface area contributed by atoms with Gasteiger partial charge in [0.1, 0.15) is 0 Å². The summed E-state index contributed by atoms with van der Waals surface area (Å²) in [4.78, 5) is 20.0. The van der Waals surface area contributed by atoms with Crippen molar-refractivity contribution in [2.45, 2.75) is 44.7 Å². The van der Waals surface area contributed by atoms with Crippen LogP contribution >= 0.6 is 0 Å². The average molecular weight is 450 g/mol. The number of piperidine rings is 1. The van der Waals surface area contributed by atoms with E-state index < -0.39 is 0 Å². The van der Waals surface area contributed by atoms with E-state index in [-0.39, 0.29) is 17.6 Å². The summed E-state index contributed by atoms with van der Waals surface area (Å²) in [5.74, 6) is 0.591. The number of ether oxygens (including phenoxy) is 2. The number of amides is 2. The number of carbonyl (C=O) groups is 1. The monoisotopic (exact) mass is 449 g/mol. The summed E-state index contributed by atoms with van der Waals surface area (Å²) in [6.07, 6.45) is 8.49. The van der Waals surface area contributed by atoms with E-state index in [0.29, 0.717) is 25.7 Å². The van der Waals surface area contributed by atoms with Gasteiger partial charge in [-0.1, -0.05) is 13.0 Å². The first-order valence-electron chi connectivity index (χ1n) is 11.6. The molecule has 0 spiro atoms. The maximum atomic E-state index is 13.4. The molecule has 2 amide bonds. The Labute approximate surface area is 193 Å². The second kappa shape index (κ2) is 8.76. The molecule has 1 aliphatic carbocycles. The minimum atomic E-state index is -0.222. The van der Waals surface area contributed by atoms with Crippen molar-refractivity contribution in [2.24, 2.45) is 5.92 Å². The zero-order valence-corrected chi connectivity index (χ0v) is 19.5. The Morgan fingerprint density at radius 1 is 1.27 bits per heavy atom. The molecule has 1 aliphatic heterocycles. The molecule has 8 heteroatoms. The molecular weight excluding hydrogens is 418 g/mol.